The summed E-state index contributed by atoms with van der Waals surface area (Å²) in [5, 5.41) is 11.3. The van der Waals surface area contributed by atoms with E-state index in [1.54, 1.807) is 18.0 Å². The van der Waals surface area contributed by atoms with Crippen LogP contribution in [0, 0.1) is 0 Å². The quantitative estimate of drug-likeness (QED) is 0.276. The summed E-state index contributed by atoms with van der Waals surface area (Å²) in [7, 11) is 1.64. The SMILES string of the molecule is COc1ccc(-n2nc(SC)c3c(N/N=C/c4ccc(Cl)cc4)ncnc32)cc1. The maximum atomic E-state index is 5.91. The molecule has 2 aromatic carbocycles. The number of rotatable bonds is 6. The second kappa shape index (κ2) is 8.50. The van der Waals surface area contributed by atoms with Crippen LogP contribution >= 0.6 is 23.4 Å². The van der Waals surface area contributed by atoms with Crippen molar-refractivity contribution in [3.8, 4) is 11.4 Å². The summed E-state index contributed by atoms with van der Waals surface area (Å²) in [4.78, 5) is 8.80. The average Bonchev–Trinajstić information content (AvgIpc) is 3.15. The van der Waals surface area contributed by atoms with Crippen molar-refractivity contribution in [2.75, 3.05) is 18.8 Å². The second-order valence-electron chi connectivity index (χ2n) is 5.96. The van der Waals surface area contributed by atoms with Crippen LogP contribution in [0.15, 0.2) is 65.0 Å². The standard InChI is InChI=1S/C20H17ClN6OS/c1-28-16-9-7-15(8-10-16)27-19-17(20(26-27)29-2)18(22-12-23-19)25-24-11-13-3-5-14(21)6-4-13/h3-12H,1-2H3,(H,22,23,25)/b24-11+. The Bertz CT molecular complexity index is 1160. The predicted octanol–water partition coefficient (Wildman–Crippen LogP) is 4.65. The molecule has 2 aromatic heterocycles. The molecule has 0 saturated carbocycles. The number of fused-ring (bicyclic) bond motifs is 1. The van der Waals surface area contributed by atoms with Gasteiger partial charge in [0.25, 0.3) is 0 Å². The van der Waals surface area contributed by atoms with Gasteiger partial charge in [-0.2, -0.15) is 10.2 Å². The van der Waals surface area contributed by atoms with E-state index >= 15 is 0 Å². The zero-order chi connectivity index (χ0) is 20.2. The number of hydrogen-bond donors (Lipinski definition) is 1. The molecule has 0 atom stereocenters. The van der Waals surface area contributed by atoms with Crippen LogP contribution < -0.4 is 10.2 Å². The molecule has 7 nitrogen and oxygen atoms in total. The molecule has 4 aromatic rings. The average molecular weight is 425 g/mol. The first-order valence-electron chi connectivity index (χ1n) is 8.66. The molecule has 4 rings (SSSR count). The Morgan fingerprint density at radius 2 is 1.86 bits per heavy atom. The minimum absolute atomic E-state index is 0.587. The maximum absolute atomic E-state index is 5.91. The number of anilines is 1. The first-order valence-corrected chi connectivity index (χ1v) is 10.3. The molecule has 0 amide bonds. The molecule has 2 heterocycles. The van der Waals surface area contributed by atoms with Crippen LogP contribution in [-0.4, -0.2) is 39.3 Å². The lowest BCUT2D eigenvalue weighted by atomic mass is 10.2. The van der Waals surface area contributed by atoms with Crippen molar-refractivity contribution < 1.29 is 4.74 Å². The summed E-state index contributed by atoms with van der Waals surface area (Å²) in [6, 6.07) is 15.0. The summed E-state index contributed by atoms with van der Waals surface area (Å²) in [5.74, 6) is 1.37. The molecule has 9 heteroatoms. The maximum Gasteiger partial charge on any atom is 0.169 e. The Labute approximate surface area is 176 Å². The van der Waals surface area contributed by atoms with E-state index in [4.69, 9.17) is 21.4 Å². The fourth-order valence-corrected chi connectivity index (χ4v) is 3.45. The van der Waals surface area contributed by atoms with Crippen molar-refractivity contribution >= 4 is 46.4 Å². The van der Waals surface area contributed by atoms with Gasteiger partial charge in [0.1, 0.15) is 17.1 Å². The van der Waals surface area contributed by atoms with E-state index in [2.05, 4.69) is 20.5 Å². The summed E-state index contributed by atoms with van der Waals surface area (Å²) in [6.07, 6.45) is 5.17. The largest absolute Gasteiger partial charge is 0.497 e. The van der Waals surface area contributed by atoms with E-state index < -0.39 is 0 Å². The minimum Gasteiger partial charge on any atom is -0.497 e. The normalized spacial score (nSPS) is 11.3. The highest BCUT2D eigenvalue weighted by molar-refractivity contribution is 7.98. The molecule has 0 saturated heterocycles. The van der Waals surface area contributed by atoms with Crippen LogP contribution in [-0.2, 0) is 0 Å². The first-order chi connectivity index (χ1) is 14.2. The predicted molar refractivity (Wildman–Crippen MR) is 118 cm³/mol. The van der Waals surface area contributed by atoms with Gasteiger partial charge in [0.15, 0.2) is 11.5 Å². The third-order valence-corrected chi connectivity index (χ3v) is 5.12. The monoisotopic (exact) mass is 424 g/mol. The number of halogens is 1. The van der Waals surface area contributed by atoms with Crippen molar-refractivity contribution in [3.05, 3.63) is 65.4 Å². The number of nitrogens with zero attached hydrogens (tertiary/aromatic N) is 5. The van der Waals surface area contributed by atoms with Gasteiger partial charge in [0.2, 0.25) is 0 Å². The number of nitrogens with one attached hydrogen (secondary N) is 1. The fourth-order valence-electron chi connectivity index (χ4n) is 2.77. The lowest BCUT2D eigenvalue weighted by molar-refractivity contribution is 0.414. The van der Waals surface area contributed by atoms with Crippen LogP contribution in [0.2, 0.25) is 5.02 Å². The van der Waals surface area contributed by atoms with Crippen molar-refractivity contribution in [3.63, 3.8) is 0 Å². The molecule has 0 aliphatic rings. The highest BCUT2D eigenvalue weighted by atomic mass is 35.5. The highest BCUT2D eigenvalue weighted by Gasteiger charge is 2.17. The zero-order valence-electron chi connectivity index (χ0n) is 15.7. The number of thioether (sulfide) groups is 1. The number of hydrogen-bond acceptors (Lipinski definition) is 7. The Kier molecular flexibility index (Phi) is 5.64. The molecule has 0 aliphatic heterocycles. The van der Waals surface area contributed by atoms with Gasteiger partial charge in [-0.05, 0) is 48.2 Å². The topological polar surface area (TPSA) is 77.2 Å². The molecule has 1 N–H and O–H groups in total. The Morgan fingerprint density at radius 3 is 2.55 bits per heavy atom. The van der Waals surface area contributed by atoms with E-state index in [1.807, 2.05) is 54.8 Å². The summed E-state index contributed by atoms with van der Waals surface area (Å²) >= 11 is 7.44. The number of hydrazone groups is 1. The van der Waals surface area contributed by atoms with E-state index in [9.17, 15) is 0 Å². The van der Waals surface area contributed by atoms with Gasteiger partial charge in [-0.15, -0.1) is 11.8 Å². The molecule has 29 heavy (non-hydrogen) atoms. The van der Waals surface area contributed by atoms with Gasteiger partial charge in [-0.25, -0.2) is 14.6 Å². The molecule has 0 aliphatic carbocycles. The van der Waals surface area contributed by atoms with Crippen LogP contribution in [0.1, 0.15) is 5.56 Å². The van der Waals surface area contributed by atoms with Crippen LogP contribution in [0.4, 0.5) is 5.82 Å². The lowest BCUT2D eigenvalue weighted by Crippen LogP contribution is -1.99. The Morgan fingerprint density at radius 1 is 1.10 bits per heavy atom. The van der Waals surface area contributed by atoms with E-state index in [1.165, 1.54) is 18.1 Å². The Hall–Kier alpha value is -3.10. The molecule has 0 fully saturated rings. The van der Waals surface area contributed by atoms with E-state index in [-0.39, 0.29) is 0 Å². The summed E-state index contributed by atoms with van der Waals surface area (Å²) in [6.45, 7) is 0. The summed E-state index contributed by atoms with van der Waals surface area (Å²) in [5.41, 5.74) is 5.50. The fraction of sp³-hybridized carbons (Fsp3) is 0.100. The van der Waals surface area contributed by atoms with Gasteiger partial charge >= 0.3 is 0 Å². The highest BCUT2D eigenvalue weighted by Crippen LogP contribution is 2.31. The second-order valence-corrected chi connectivity index (χ2v) is 7.19. The van der Waals surface area contributed by atoms with Crippen LogP contribution in [0.25, 0.3) is 16.7 Å². The van der Waals surface area contributed by atoms with Gasteiger partial charge < -0.3 is 4.74 Å². The third-order valence-electron chi connectivity index (χ3n) is 4.20. The molecule has 0 bridgehead atoms. The van der Waals surface area contributed by atoms with E-state index in [0.717, 1.165) is 27.4 Å². The Balaban J connectivity index is 1.70. The zero-order valence-corrected chi connectivity index (χ0v) is 17.3. The number of ether oxygens (including phenoxy) is 1. The molecular formula is C20H17ClN6OS. The molecule has 0 radical (unpaired) electrons. The van der Waals surface area contributed by atoms with Gasteiger partial charge in [0.05, 0.1) is 24.4 Å². The molecule has 0 unspecified atom stereocenters. The van der Waals surface area contributed by atoms with Crippen LogP contribution in [0.5, 0.6) is 5.75 Å². The minimum atomic E-state index is 0.587. The number of methoxy groups -OCH3 is 1. The van der Waals surface area contributed by atoms with Crippen molar-refractivity contribution in [2.45, 2.75) is 5.03 Å². The van der Waals surface area contributed by atoms with Gasteiger partial charge in [-0.1, -0.05) is 23.7 Å². The van der Waals surface area contributed by atoms with Gasteiger partial charge in [-0.3, -0.25) is 5.43 Å². The number of aromatic nitrogens is 4. The summed E-state index contributed by atoms with van der Waals surface area (Å²) < 4.78 is 7.02. The molecule has 0 spiro atoms. The third kappa shape index (κ3) is 4.03. The lowest BCUT2D eigenvalue weighted by Gasteiger charge is -2.05. The van der Waals surface area contributed by atoms with E-state index in [0.29, 0.717) is 16.5 Å². The molecule has 146 valence electrons. The number of benzene rings is 2. The van der Waals surface area contributed by atoms with Crippen LogP contribution in [0.3, 0.4) is 0 Å². The first kappa shape index (κ1) is 19.2. The van der Waals surface area contributed by atoms with Crippen molar-refractivity contribution in [1.29, 1.82) is 0 Å². The van der Waals surface area contributed by atoms with Crippen molar-refractivity contribution in [2.24, 2.45) is 5.10 Å². The van der Waals surface area contributed by atoms with Gasteiger partial charge in [0, 0.05) is 5.02 Å². The molecular weight excluding hydrogens is 408 g/mol. The smallest absolute Gasteiger partial charge is 0.169 e. The van der Waals surface area contributed by atoms with Crippen molar-refractivity contribution in [1.82, 2.24) is 19.7 Å².